The molecule has 6 N–H and O–H groups in total. The van der Waals surface area contributed by atoms with E-state index in [1.807, 2.05) is 24.3 Å². The van der Waals surface area contributed by atoms with Crippen LogP contribution in [0.2, 0.25) is 10.0 Å². The fourth-order valence-electron chi connectivity index (χ4n) is 5.94. The van der Waals surface area contributed by atoms with Crippen LogP contribution in [-0.4, -0.2) is 96.4 Å². The van der Waals surface area contributed by atoms with Crippen molar-refractivity contribution < 1.29 is 45.4 Å². The van der Waals surface area contributed by atoms with Gasteiger partial charge in [0.05, 0.1) is 24.3 Å². The van der Waals surface area contributed by atoms with E-state index in [9.17, 15) is 31.2 Å². The molecule has 0 unspecified atom stereocenters. The first-order chi connectivity index (χ1) is 29.1. The minimum atomic E-state index is -5.86. The van der Waals surface area contributed by atoms with Gasteiger partial charge in [0.2, 0.25) is 0 Å². The first kappa shape index (κ1) is 44.4. The molecular formula is C37H34BCl2F3N10O7S. The van der Waals surface area contributed by atoms with Crippen molar-refractivity contribution in [2.45, 2.75) is 31.4 Å². The number of carbonyl (C=O) groups excluding carboxylic acids is 2. The molecule has 6 aromatic rings. The molecule has 318 valence electrons. The van der Waals surface area contributed by atoms with Gasteiger partial charge in [-0.05, 0) is 54.6 Å². The van der Waals surface area contributed by atoms with Crippen molar-refractivity contribution in [1.82, 2.24) is 40.2 Å². The lowest BCUT2D eigenvalue weighted by atomic mass is 9.82. The number of carbonyl (C=O) groups is 2. The van der Waals surface area contributed by atoms with E-state index < -0.39 is 34.7 Å². The standard InChI is InChI=1S/C18H16ClN5O.C14H12ClF3N4O4S.C5H6BNO2/c19-13-4-1-5-14(9-13)21-18(25)24-8-6-16-15(11-24)17(23-22-16)12-3-2-7-20-10-12;15-8-2-1-3-9(6-8)19-13(23)22-5-4-11-10(7-22)12(21-20-11)26-27(24,25)14(16,17)18;8-6(9)5-2-1-3-7-4-5/h1-5,7,9-10H,6,8,11H2,(H,21,25)(H,22,23);1-3,6H,4-5,7H2,(H,19,23)(H,20,21);1-4,8-9H. The smallest absolute Gasteiger partial charge is 0.423 e. The van der Waals surface area contributed by atoms with E-state index in [0.717, 1.165) is 28.9 Å². The second kappa shape index (κ2) is 19.5. The SMILES string of the molecule is O=C(Nc1cccc(Cl)c1)N1CCc2[nH]nc(-c3cccnc3)c2C1.O=C(Nc1cccc(Cl)c1)N1CCc2[nH]nc(OS(=O)(=O)C(F)(F)F)c2C1.OB(O)c1cccnc1. The van der Waals surface area contributed by atoms with Gasteiger partial charge >= 0.3 is 34.8 Å². The van der Waals surface area contributed by atoms with Gasteiger partial charge in [0, 0.05) is 100 Å². The zero-order valence-electron chi connectivity index (χ0n) is 31.5. The Hall–Kier alpha value is -6.20. The van der Waals surface area contributed by atoms with Crippen LogP contribution in [0.3, 0.4) is 0 Å². The van der Waals surface area contributed by atoms with E-state index >= 15 is 0 Å². The van der Waals surface area contributed by atoms with Gasteiger partial charge in [-0.3, -0.25) is 20.2 Å². The molecule has 0 spiro atoms. The third-order valence-corrected chi connectivity index (χ3v) is 10.4. The predicted molar refractivity (Wildman–Crippen MR) is 219 cm³/mol. The summed E-state index contributed by atoms with van der Waals surface area (Å²) in [5.41, 5.74) is 0.315. The lowest BCUT2D eigenvalue weighted by Gasteiger charge is -2.27. The maximum atomic E-state index is 12.6. The van der Waals surface area contributed by atoms with Crippen LogP contribution >= 0.6 is 23.2 Å². The van der Waals surface area contributed by atoms with Crippen molar-refractivity contribution >= 4 is 69.3 Å². The van der Waals surface area contributed by atoms with Crippen molar-refractivity contribution in [3.63, 3.8) is 0 Å². The minimum absolute atomic E-state index is 0.0651. The average molecular weight is 902 g/mol. The molecular weight excluding hydrogens is 867 g/mol. The Bertz CT molecular complexity index is 2570. The maximum absolute atomic E-state index is 12.6. The number of pyridine rings is 2. The summed E-state index contributed by atoms with van der Waals surface area (Å²) in [6.45, 7) is 1.20. The number of anilines is 2. The summed E-state index contributed by atoms with van der Waals surface area (Å²) in [6, 6.07) is 19.9. The Morgan fingerprint density at radius 2 is 1.31 bits per heavy atom. The highest BCUT2D eigenvalue weighted by Gasteiger charge is 2.49. The molecule has 0 radical (unpaired) electrons. The van der Waals surface area contributed by atoms with E-state index in [1.165, 1.54) is 17.2 Å². The Labute approximate surface area is 356 Å². The molecule has 4 amide bonds. The normalized spacial score (nSPS) is 13.3. The summed E-state index contributed by atoms with van der Waals surface area (Å²) in [4.78, 5) is 35.8. The van der Waals surface area contributed by atoms with E-state index in [2.05, 4.69) is 45.2 Å². The number of nitrogens with one attached hydrogen (secondary N) is 4. The number of nitrogens with zero attached hydrogens (tertiary/aromatic N) is 6. The van der Waals surface area contributed by atoms with Crippen LogP contribution in [0.1, 0.15) is 22.5 Å². The molecule has 17 nitrogen and oxygen atoms in total. The van der Waals surface area contributed by atoms with Crippen molar-refractivity contribution in [2.75, 3.05) is 23.7 Å². The molecule has 2 aliphatic rings. The number of hydrogen-bond acceptors (Lipinski definition) is 11. The highest BCUT2D eigenvalue weighted by molar-refractivity contribution is 7.88. The van der Waals surface area contributed by atoms with E-state index in [-0.39, 0.29) is 31.1 Å². The van der Waals surface area contributed by atoms with Gasteiger partial charge in [-0.2, -0.15) is 26.7 Å². The van der Waals surface area contributed by atoms with E-state index in [0.29, 0.717) is 45.7 Å². The molecule has 0 saturated carbocycles. The van der Waals surface area contributed by atoms with Crippen molar-refractivity contribution in [2.24, 2.45) is 0 Å². The van der Waals surface area contributed by atoms with E-state index in [1.54, 1.807) is 66.0 Å². The highest BCUT2D eigenvalue weighted by Crippen LogP contribution is 2.32. The number of alkyl halides is 3. The fourth-order valence-corrected chi connectivity index (χ4v) is 6.76. The molecule has 6 heterocycles. The van der Waals surface area contributed by atoms with Gasteiger partial charge < -0.3 is 34.7 Å². The zero-order valence-corrected chi connectivity index (χ0v) is 33.8. The van der Waals surface area contributed by atoms with Gasteiger partial charge in [0.25, 0.3) is 5.88 Å². The third kappa shape index (κ3) is 11.6. The molecule has 8 rings (SSSR count). The quantitative estimate of drug-likeness (QED) is 0.0708. The molecule has 24 heteroatoms. The summed E-state index contributed by atoms with van der Waals surface area (Å²) in [6.07, 6.45) is 7.47. The molecule has 0 bridgehead atoms. The summed E-state index contributed by atoms with van der Waals surface area (Å²) in [7, 11) is -7.27. The summed E-state index contributed by atoms with van der Waals surface area (Å²) >= 11 is 11.8. The van der Waals surface area contributed by atoms with Crippen LogP contribution < -0.4 is 20.3 Å². The number of aromatic amines is 2. The molecule has 0 aliphatic carbocycles. The van der Waals surface area contributed by atoms with Gasteiger partial charge in [0.15, 0.2) is 0 Å². The summed E-state index contributed by atoms with van der Waals surface area (Å²) in [5, 5.41) is 37.0. The monoisotopic (exact) mass is 900 g/mol. The van der Waals surface area contributed by atoms with Gasteiger partial charge in [-0.1, -0.05) is 41.4 Å². The van der Waals surface area contributed by atoms with Crippen LogP contribution in [-0.2, 0) is 36.0 Å². The second-order valence-electron chi connectivity index (χ2n) is 13.1. The number of halogens is 5. The Balaban J connectivity index is 0.000000170. The molecule has 0 fully saturated rings. The number of rotatable bonds is 6. The number of urea groups is 2. The predicted octanol–water partition coefficient (Wildman–Crippen LogP) is 5.36. The van der Waals surface area contributed by atoms with Crippen LogP contribution in [0.5, 0.6) is 5.88 Å². The van der Waals surface area contributed by atoms with Crippen LogP contribution in [0.15, 0.2) is 97.6 Å². The van der Waals surface area contributed by atoms with Crippen molar-refractivity contribution in [3.05, 3.63) is 130 Å². The van der Waals surface area contributed by atoms with Crippen molar-refractivity contribution in [1.29, 1.82) is 0 Å². The number of fused-ring (bicyclic) bond motifs is 2. The lowest BCUT2D eigenvalue weighted by Crippen LogP contribution is -2.39. The largest absolute Gasteiger partial charge is 0.534 e. The molecule has 0 atom stereocenters. The summed E-state index contributed by atoms with van der Waals surface area (Å²) in [5.74, 6) is -0.734. The van der Waals surface area contributed by atoms with Gasteiger partial charge in [-0.25, -0.2) is 9.59 Å². The number of hydrogen-bond donors (Lipinski definition) is 6. The topological polar surface area (TPSA) is 232 Å². The van der Waals surface area contributed by atoms with Gasteiger partial charge in [-0.15, -0.1) is 5.10 Å². The first-order valence-corrected chi connectivity index (χ1v) is 20.2. The minimum Gasteiger partial charge on any atom is -0.423 e. The Kier molecular flexibility index (Phi) is 14.2. The average Bonchev–Trinajstić information content (AvgIpc) is 3.85. The highest BCUT2D eigenvalue weighted by atomic mass is 35.5. The lowest BCUT2D eigenvalue weighted by molar-refractivity contribution is -0.0501. The second-order valence-corrected chi connectivity index (χ2v) is 15.5. The molecule has 4 aromatic heterocycles. The van der Waals surface area contributed by atoms with Crippen LogP contribution in [0, 0.1) is 0 Å². The fraction of sp³-hybridized carbons (Fsp3) is 0.189. The van der Waals surface area contributed by atoms with Gasteiger partial charge in [0.1, 0.15) is 0 Å². The number of aromatic nitrogens is 6. The zero-order chi connectivity index (χ0) is 43.7. The molecule has 2 aliphatic heterocycles. The maximum Gasteiger partial charge on any atom is 0.534 e. The first-order valence-electron chi connectivity index (χ1n) is 18.0. The molecule has 0 saturated heterocycles. The number of H-pyrrole nitrogens is 2. The Morgan fingerprint density at radius 3 is 1.80 bits per heavy atom. The molecule has 2 aromatic carbocycles. The number of benzene rings is 2. The summed E-state index contributed by atoms with van der Waals surface area (Å²) < 4.78 is 64.0. The number of amides is 4. The van der Waals surface area contributed by atoms with E-state index in [4.69, 9.17) is 33.2 Å². The van der Waals surface area contributed by atoms with Crippen molar-refractivity contribution in [3.8, 4) is 17.1 Å². The van der Waals surface area contributed by atoms with Crippen LogP contribution in [0.25, 0.3) is 11.3 Å². The third-order valence-electron chi connectivity index (χ3n) is 8.94. The molecule has 61 heavy (non-hydrogen) atoms. The van der Waals surface area contributed by atoms with Crippen LogP contribution in [0.4, 0.5) is 34.1 Å². The Morgan fingerprint density at radius 1 is 0.770 bits per heavy atom.